The van der Waals surface area contributed by atoms with Gasteiger partial charge in [-0.05, 0) is 41.2 Å². The second-order valence-electron chi connectivity index (χ2n) is 5.91. The van der Waals surface area contributed by atoms with Gasteiger partial charge in [0.2, 0.25) is 0 Å². The summed E-state index contributed by atoms with van der Waals surface area (Å²) in [7, 11) is 1.87. The van der Waals surface area contributed by atoms with E-state index in [2.05, 4.69) is 42.0 Å². The van der Waals surface area contributed by atoms with Crippen LogP contribution in [-0.4, -0.2) is 60.6 Å². The third kappa shape index (κ3) is 3.94. The van der Waals surface area contributed by atoms with Gasteiger partial charge in [-0.25, -0.2) is 0 Å². The van der Waals surface area contributed by atoms with E-state index in [1.165, 1.54) is 0 Å². The lowest BCUT2D eigenvalue weighted by Gasteiger charge is -2.41. The Kier molecular flexibility index (Phi) is 5.58. The van der Waals surface area contributed by atoms with Crippen LogP contribution < -0.4 is 5.32 Å². The lowest BCUT2D eigenvalue weighted by atomic mass is 9.94. The van der Waals surface area contributed by atoms with E-state index >= 15 is 0 Å². The molecule has 0 radical (unpaired) electrons. The highest BCUT2D eigenvalue weighted by atomic mass is 15.3. The van der Waals surface area contributed by atoms with Gasteiger partial charge in [0.1, 0.15) is 5.54 Å². The Morgan fingerprint density at radius 3 is 2.06 bits per heavy atom. The summed E-state index contributed by atoms with van der Waals surface area (Å²) in [6.07, 6.45) is 0.877. The lowest BCUT2D eigenvalue weighted by molar-refractivity contribution is 0.0747. The fourth-order valence-electron chi connectivity index (χ4n) is 2.62. The average molecular weight is 252 g/mol. The smallest absolute Gasteiger partial charge is 0.105 e. The molecule has 0 bridgehead atoms. The van der Waals surface area contributed by atoms with Gasteiger partial charge in [0, 0.05) is 38.3 Å². The molecule has 0 saturated carbocycles. The minimum Gasteiger partial charge on any atom is -0.303 e. The number of nitrogens with one attached hydrogen (secondary N) is 1. The van der Waals surface area contributed by atoms with Gasteiger partial charge in [-0.15, -0.1) is 0 Å². The van der Waals surface area contributed by atoms with Crippen molar-refractivity contribution in [3.8, 4) is 6.07 Å². The molecular formula is C14H28N4. The molecule has 0 amide bonds. The molecule has 18 heavy (non-hydrogen) atoms. The molecular weight excluding hydrogens is 224 g/mol. The number of hydrogen-bond acceptors (Lipinski definition) is 4. The Balaban J connectivity index is 2.46. The van der Waals surface area contributed by atoms with Crippen molar-refractivity contribution in [2.45, 2.75) is 51.7 Å². The van der Waals surface area contributed by atoms with E-state index in [0.717, 1.165) is 32.6 Å². The molecule has 0 aromatic rings. The Morgan fingerprint density at radius 2 is 1.67 bits per heavy atom. The van der Waals surface area contributed by atoms with E-state index in [9.17, 15) is 5.26 Å². The summed E-state index contributed by atoms with van der Waals surface area (Å²) in [5.41, 5.74) is -0.408. The van der Waals surface area contributed by atoms with Crippen LogP contribution in [0, 0.1) is 11.3 Å². The summed E-state index contributed by atoms with van der Waals surface area (Å²) in [5.74, 6) is 0. The van der Waals surface area contributed by atoms with Crippen LogP contribution in [0.5, 0.6) is 0 Å². The summed E-state index contributed by atoms with van der Waals surface area (Å²) < 4.78 is 0. The van der Waals surface area contributed by atoms with E-state index in [0.29, 0.717) is 12.1 Å². The van der Waals surface area contributed by atoms with Crippen molar-refractivity contribution >= 4 is 0 Å². The van der Waals surface area contributed by atoms with Crippen molar-refractivity contribution in [2.75, 3.05) is 33.2 Å². The zero-order valence-corrected chi connectivity index (χ0v) is 12.5. The minimum absolute atomic E-state index is 0.408. The summed E-state index contributed by atoms with van der Waals surface area (Å²) >= 11 is 0. The maximum absolute atomic E-state index is 9.21. The topological polar surface area (TPSA) is 42.3 Å². The first kappa shape index (κ1) is 15.4. The monoisotopic (exact) mass is 252 g/mol. The highest BCUT2D eigenvalue weighted by Crippen LogP contribution is 2.17. The predicted molar refractivity (Wildman–Crippen MR) is 75.4 cm³/mol. The van der Waals surface area contributed by atoms with Gasteiger partial charge in [-0.3, -0.25) is 9.80 Å². The molecule has 0 aliphatic carbocycles. The fourth-order valence-corrected chi connectivity index (χ4v) is 2.62. The van der Waals surface area contributed by atoms with Crippen LogP contribution in [0.2, 0.25) is 0 Å². The van der Waals surface area contributed by atoms with Crippen LogP contribution in [0.1, 0.15) is 34.1 Å². The van der Waals surface area contributed by atoms with Gasteiger partial charge in [-0.2, -0.15) is 5.26 Å². The van der Waals surface area contributed by atoms with Crippen LogP contribution in [0.4, 0.5) is 0 Å². The molecule has 2 atom stereocenters. The Morgan fingerprint density at radius 1 is 1.17 bits per heavy atom. The summed E-state index contributed by atoms with van der Waals surface area (Å²) in [4.78, 5) is 5.02. The normalized spacial score (nSPS) is 23.6. The number of piperazine rings is 1. The van der Waals surface area contributed by atoms with Gasteiger partial charge < -0.3 is 5.32 Å². The van der Waals surface area contributed by atoms with E-state index in [4.69, 9.17) is 0 Å². The molecule has 1 N–H and O–H groups in total. The molecule has 2 unspecified atom stereocenters. The van der Waals surface area contributed by atoms with Gasteiger partial charge in [0.05, 0.1) is 6.07 Å². The zero-order chi connectivity index (χ0) is 13.8. The van der Waals surface area contributed by atoms with Crippen LogP contribution in [-0.2, 0) is 0 Å². The second-order valence-corrected chi connectivity index (χ2v) is 5.91. The molecule has 1 aliphatic rings. The van der Waals surface area contributed by atoms with Gasteiger partial charge in [0.15, 0.2) is 0 Å². The number of hydrogen-bond donors (Lipinski definition) is 1. The molecule has 1 aliphatic heterocycles. The highest BCUT2D eigenvalue weighted by Gasteiger charge is 2.29. The Hall–Kier alpha value is -0.630. The van der Waals surface area contributed by atoms with E-state index < -0.39 is 5.54 Å². The Bertz CT molecular complexity index is 289. The highest BCUT2D eigenvalue weighted by molar-refractivity contribution is 5.04. The van der Waals surface area contributed by atoms with Gasteiger partial charge in [0.25, 0.3) is 0 Å². The summed E-state index contributed by atoms with van der Waals surface area (Å²) in [6, 6.07) is 3.47. The van der Waals surface area contributed by atoms with Crippen LogP contribution >= 0.6 is 0 Å². The van der Waals surface area contributed by atoms with Crippen molar-refractivity contribution in [3.63, 3.8) is 0 Å². The average Bonchev–Trinajstić information content (AvgIpc) is 2.38. The third-order valence-corrected chi connectivity index (χ3v) is 4.20. The molecule has 1 fully saturated rings. The molecule has 0 spiro atoms. The molecule has 104 valence electrons. The maximum Gasteiger partial charge on any atom is 0.105 e. The quantitative estimate of drug-likeness (QED) is 0.801. The molecule has 0 aromatic heterocycles. The van der Waals surface area contributed by atoms with Crippen molar-refractivity contribution in [1.82, 2.24) is 15.1 Å². The first-order chi connectivity index (χ1) is 8.41. The molecule has 1 saturated heterocycles. The SMILES string of the molecule is CNC(C)(C#N)CC(C)N1CCN(C(C)C)CC1. The van der Waals surface area contributed by atoms with Crippen molar-refractivity contribution < 1.29 is 0 Å². The Labute approximate surface area is 112 Å². The molecule has 0 aromatic carbocycles. The summed E-state index contributed by atoms with van der Waals surface area (Å²) in [6.45, 7) is 13.2. The zero-order valence-electron chi connectivity index (χ0n) is 12.5. The van der Waals surface area contributed by atoms with Crippen molar-refractivity contribution in [2.24, 2.45) is 0 Å². The largest absolute Gasteiger partial charge is 0.303 e. The van der Waals surface area contributed by atoms with Gasteiger partial charge >= 0.3 is 0 Å². The van der Waals surface area contributed by atoms with Crippen LogP contribution in [0.15, 0.2) is 0 Å². The van der Waals surface area contributed by atoms with Crippen LogP contribution in [0.25, 0.3) is 0 Å². The second kappa shape index (κ2) is 6.51. The van der Waals surface area contributed by atoms with Crippen molar-refractivity contribution in [1.29, 1.82) is 5.26 Å². The maximum atomic E-state index is 9.21. The molecule has 1 rings (SSSR count). The number of rotatable bonds is 5. The predicted octanol–water partition coefficient (Wildman–Crippen LogP) is 1.29. The number of nitrogens with zero attached hydrogens (tertiary/aromatic N) is 3. The van der Waals surface area contributed by atoms with Gasteiger partial charge in [-0.1, -0.05) is 0 Å². The third-order valence-electron chi connectivity index (χ3n) is 4.20. The first-order valence-corrected chi connectivity index (χ1v) is 7.00. The van der Waals surface area contributed by atoms with E-state index in [1.54, 1.807) is 0 Å². The summed E-state index contributed by atoms with van der Waals surface area (Å²) in [5, 5.41) is 12.3. The van der Waals surface area contributed by atoms with Crippen LogP contribution in [0.3, 0.4) is 0 Å². The molecule has 4 nitrogen and oxygen atoms in total. The van der Waals surface area contributed by atoms with E-state index in [-0.39, 0.29) is 0 Å². The van der Waals surface area contributed by atoms with Crippen molar-refractivity contribution in [3.05, 3.63) is 0 Å². The molecule has 4 heteroatoms. The number of nitriles is 1. The first-order valence-electron chi connectivity index (χ1n) is 7.00. The molecule has 1 heterocycles. The minimum atomic E-state index is -0.408. The standard InChI is InChI=1S/C14H28N4/c1-12(2)17-6-8-18(9-7-17)13(3)10-14(4,11-15)16-5/h12-13,16H,6-10H2,1-5H3. The fraction of sp³-hybridized carbons (Fsp3) is 0.929. The van der Waals surface area contributed by atoms with E-state index in [1.807, 2.05) is 14.0 Å². The lowest BCUT2D eigenvalue weighted by Crippen LogP contribution is -2.53.